The van der Waals surface area contributed by atoms with Crippen molar-refractivity contribution in [3.05, 3.63) is 83.7 Å². The van der Waals surface area contributed by atoms with Gasteiger partial charge in [-0.2, -0.15) is 5.10 Å². The number of para-hydroxylation sites is 1. The summed E-state index contributed by atoms with van der Waals surface area (Å²) in [5, 5.41) is 7.54. The first kappa shape index (κ1) is 17.3. The number of benzene rings is 3. The first-order valence-corrected chi connectivity index (χ1v) is 9.21. The number of carbonyl (C=O) groups excluding carboxylic acids is 1. The molecule has 0 spiro atoms. The highest BCUT2D eigenvalue weighted by atomic mass is 32.2. The van der Waals surface area contributed by atoms with Crippen molar-refractivity contribution in [1.29, 1.82) is 0 Å². The summed E-state index contributed by atoms with van der Waals surface area (Å²) in [5.74, 6) is -1.15. The molecule has 0 saturated carbocycles. The predicted molar refractivity (Wildman–Crippen MR) is 106 cm³/mol. The molecule has 0 unspecified atom stereocenters. The van der Waals surface area contributed by atoms with Crippen LogP contribution in [0.25, 0.3) is 0 Å². The number of carbonyl (C=O) groups is 1. The summed E-state index contributed by atoms with van der Waals surface area (Å²) in [4.78, 5) is 14.4. The normalized spacial score (nSPS) is 12.6. The van der Waals surface area contributed by atoms with E-state index >= 15 is 0 Å². The van der Waals surface area contributed by atoms with Crippen LogP contribution in [-0.4, -0.2) is 11.6 Å². The lowest BCUT2D eigenvalue weighted by Gasteiger charge is -2.21. The second kappa shape index (κ2) is 7.25. The smallest absolute Gasteiger partial charge is 0.274 e. The van der Waals surface area contributed by atoms with Gasteiger partial charge in [0.1, 0.15) is 5.82 Å². The average molecular weight is 377 g/mol. The van der Waals surface area contributed by atoms with Gasteiger partial charge < -0.3 is 5.32 Å². The Morgan fingerprint density at radius 1 is 1.00 bits per heavy atom. The number of rotatable bonds is 3. The maximum atomic E-state index is 13.7. The van der Waals surface area contributed by atoms with Crippen molar-refractivity contribution in [3.63, 3.8) is 0 Å². The number of hydrogen-bond donors (Lipinski definition) is 2. The number of anilines is 2. The highest BCUT2D eigenvalue weighted by Crippen LogP contribution is 2.44. The zero-order valence-electron chi connectivity index (χ0n) is 14.5. The fourth-order valence-electron chi connectivity index (χ4n) is 2.77. The molecule has 2 N–H and O–H groups in total. The topological polar surface area (TPSA) is 53.5 Å². The molecular formula is C21H16FN3OS. The van der Waals surface area contributed by atoms with Crippen LogP contribution in [0.5, 0.6) is 0 Å². The maximum Gasteiger partial charge on any atom is 0.274 e. The van der Waals surface area contributed by atoms with Crippen molar-refractivity contribution in [2.24, 2.45) is 5.10 Å². The number of hydrogen-bond acceptors (Lipinski definition) is 4. The minimum Gasteiger partial charge on any atom is -0.354 e. The Kier molecular flexibility index (Phi) is 4.64. The molecule has 1 heterocycles. The monoisotopic (exact) mass is 377 g/mol. The van der Waals surface area contributed by atoms with Crippen molar-refractivity contribution in [3.8, 4) is 0 Å². The van der Waals surface area contributed by atoms with E-state index in [0.717, 1.165) is 21.8 Å². The van der Waals surface area contributed by atoms with Crippen LogP contribution in [0.3, 0.4) is 0 Å². The Morgan fingerprint density at radius 3 is 2.59 bits per heavy atom. The van der Waals surface area contributed by atoms with Crippen molar-refractivity contribution in [1.82, 2.24) is 5.43 Å². The molecule has 0 radical (unpaired) electrons. The highest BCUT2D eigenvalue weighted by molar-refractivity contribution is 7.99. The van der Waals surface area contributed by atoms with Crippen LogP contribution in [0.1, 0.15) is 22.8 Å². The van der Waals surface area contributed by atoms with Gasteiger partial charge in [-0.25, -0.2) is 9.82 Å². The second-order valence-electron chi connectivity index (χ2n) is 6.05. The van der Waals surface area contributed by atoms with E-state index < -0.39 is 11.7 Å². The number of amides is 1. The Hall–Kier alpha value is -3.12. The van der Waals surface area contributed by atoms with Gasteiger partial charge in [0.25, 0.3) is 5.91 Å². The molecule has 134 valence electrons. The average Bonchev–Trinajstić information content (AvgIpc) is 2.70. The Balaban J connectivity index is 1.53. The van der Waals surface area contributed by atoms with E-state index in [2.05, 4.69) is 21.9 Å². The van der Waals surface area contributed by atoms with Crippen LogP contribution in [0.15, 0.2) is 81.6 Å². The van der Waals surface area contributed by atoms with Crippen molar-refractivity contribution < 1.29 is 9.18 Å². The molecule has 0 aliphatic carbocycles. The third kappa shape index (κ3) is 3.57. The summed E-state index contributed by atoms with van der Waals surface area (Å²) >= 11 is 1.71. The molecule has 4 rings (SSSR count). The van der Waals surface area contributed by atoms with E-state index in [0.29, 0.717) is 5.71 Å². The third-order valence-electron chi connectivity index (χ3n) is 4.22. The zero-order chi connectivity index (χ0) is 18.8. The van der Waals surface area contributed by atoms with Crippen molar-refractivity contribution in [2.75, 3.05) is 5.32 Å². The number of nitrogens with zero attached hydrogens (tertiary/aromatic N) is 1. The van der Waals surface area contributed by atoms with Gasteiger partial charge in [-0.15, -0.1) is 0 Å². The van der Waals surface area contributed by atoms with Gasteiger partial charge in [0.15, 0.2) is 0 Å². The first-order chi connectivity index (χ1) is 13.1. The minimum absolute atomic E-state index is 0.0332. The molecule has 1 aliphatic rings. The van der Waals surface area contributed by atoms with E-state index in [1.807, 2.05) is 36.4 Å². The number of halogens is 1. The maximum absolute atomic E-state index is 13.7. The lowest BCUT2D eigenvalue weighted by Crippen LogP contribution is -2.20. The van der Waals surface area contributed by atoms with Gasteiger partial charge >= 0.3 is 0 Å². The molecule has 27 heavy (non-hydrogen) atoms. The van der Waals surface area contributed by atoms with Crippen molar-refractivity contribution >= 4 is 34.8 Å². The van der Waals surface area contributed by atoms with Gasteiger partial charge in [-0.3, -0.25) is 4.79 Å². The molecular weight excluding hydrogens is 361 g/mol. The molecule has 3 aromatic carbocycles. The molecule has 6 heteroatoms. The van der Waals surface area contributed by atoms with Crippen LogP contribution in [0.4, 0.5) is 15.8 Å². The van der Waals surface area contributed by atoms with E-state index in [4.69, 9.17) is 0 Å². The Labute approximate surface area is 160 Å². The summed E-state index contributed by atoms with van der Waals surface area (Å²) < 4.78 is 13.7. The lowest BCUT2D eigenvalue weighted by molar-refractivity contribution is 0.0951. The van der Waals surface area contributed by atoms with Gasteiger partial charge in [0, 0.05) is 9.79 Å². The van der Waals surface area contributed by atoms with Gasteiger partial charge in [0.2, 0.25) is 0 Å². The summed E-state index contributed by atoms with van der Waals surface area (Å²) in [6, 6.07) is 19.9. The molecule has 0 fully saturated rings. The van der Waals surface area contributed by atoms with E-state index in [9.17, 15) is 9.18 Å². The molecule has 4 nitrogen and oxygen atoms in total. The van der Waals surface area contributed by atoms with E-state index in [1.165, 1.54) is 23.1 Å². The van der Waals surface area contributed by atoms with Crippen molar-refractivity contribution in [2.45, 2.75) is 16.7 Å². The molecule has 0 saturated heterocycles. The van der Waals surface area contributed by atoms with Gasteiger partial charge in [0.05, 0.1) is 22.6 Å². The lowest BCUT2D eigenvalue weighted by atomic mass is 10.1. The summed E-state index contributed by atoms with van der Waals surface area (Å²) in [7, 11) is 0. The minimum atomic E-state index is -0.576. The summed E-state index contributed by atoms with van der Waals surface area (Å²) in [6.07, 6.45) is 0. The standard InChI is InChI=1S/C21H16FN3OS/c1-13(24-25-21(26)15-6-2-3-7-16(15)22)14-10-11-20-18(12-14)23-17-8-4-5-9-19(17)27-20/h2-12,23H,1H3,(H,25,26)/b24-13+. The highest BCUT2D eigenvalue weighted by Gasteiger charge is 2.16. The SMILES string of the molecule is C/C(=N\NC(=O)c1ccccc1F)c1ccc2c(c1)Nc1ccccc1S2. The summed E-state index contributed by atoms with van der Waals surface area (Å²) in [6.45, 7) is 1.80. The number of hydrazone groups is 1. The molecule has 3 aromatic rings. The third-order valence-corrected chi connectivity index (χ3v) is 5.37. The zero-order valence-corrected chi connectivity index (χ0v) is 15.3. The number of fused-ring (bicyclic) bond motifs is 2. The summed E-state index contributed by atoms with van der Waals surface area (Å²) in [5.41, 5.74) is 5.94. The second-order valence-corrected chi connectivity index (χ2v) is 7.14. The quantitative estimate of drug-likeness (QED) is 0.382. The van der Waals surface area contributed by atoms with Gasteiger partial charge in [-0.05, 0) is 48.9 Å². The first-order valence-electron chi connectivity index (χ1n) is 8.39. The molecule has 1 amide bonds. The van der Waals surface area contributed by atoms with Crippen LogP contribution in [0.2, 0.25) is 0 Å². The largest absolute Gasteiger partial charge is 0.354 e. The fourth-order valence-corrected chi connectivity index (χ4v) is 3.74. The van der Waals surface area contributed by atoms with Gasteiger partial charge in [-0.1, -0.05) is 42.1 Å². The molecule has 0 aromatic heterocycles. The molecule has 0 bridgehead atoms. The van der Waals surface area contributed by atoms with Crippen LogP contribution >= 0.6 is 11.8 Å². The van der Waals surface area contributed by atoms with E-state index in [-0.39, 0.29) is 5.56 Å². The van der Waals surface area contributed by atoms with Crippen LogP contribution in [-0.2, 0) is 0 Å². The van der Waals surface area contributed by atoms with E-state index in [1.54, 1.807) is 24.8 Å². The predicted octanol–water partition coefficient (Wildman–Crippen LogP) is 5.19. The van der Waals surface area contributed by atoms with Crippen LogP contribution < -0.4 is 10.7 Å². The van der Waals surface area contributed by atoms with Crippen LogP contribution in [0, 0.1) is 5.82 Å². The Bertz CT molecular complexity index is 1060. The fraction of sp³-hybridized carbons (Fsp3) is 0.0476. The number of nitrogens with one attached hydrogen (secondary N) is 2. The Morgan fingerprint density at radius 2 is 1.74 bits per heavy atom. The molecule has 0 atom stereocenters. The molecule has 1 aliphatic heterocycles.